The van der Waals surface area contributed by atoms with E-state index < -0.39 is 11.1 Å². The van der Waals surface area contributed by atoms with Crippen molar-refractivity contribution in [2.45, 2.75) is 26.9 Å². The van der Waals surface area contributed by atoms with Crippen LogP contribution in [0.5, 0.6) is 23.0 Å². The van der Waals surface area contributed by atoms with Gasteiger partial charge >= 0.3 is 19.5 Å². The van der Waals surface area contributed by atoms with Crippen LogP contribution in [-0.2, 0) is 32.6 Å². The first-order valence-electron chi connectivity index (χ1n) is 18.6. The van der Waals surface area contributed by atoms with E-state index in [-0.39, 0.29) is 77.4 Å². The summed E-state index contributed by atoms with van der Waals surface area (Å²) in [5, 5.41) is 82.2. The van der Waals surface area contributed by atoms with Crippen molar-refractivity contribution in [2.75, 3.05) is 90.0 Å². The fraction of sp³-hybridized carbons (Fsp3) is 0.386. The van der Waals surface area contributed by atoms with Gasteiger partial charge in [0.05, 0.1) is 25.3 Å². The largest absolute Gasteiger partial charge is 2.00 e. The van der Waals surface area contributed by atoms with Crippen LogP contribution in [0.25, 0.3) is 21.5 Å². The second-order valence-electron chi connectivity index (χ2n) is 12.9. The molecule has 0 aromatic heterocycles. The molecular formula is C44H62N4NdO13Zn-2. The number of aliphatic hydroxyl groups is 4. The Morgan fingerprint density at radius 1 is 0.603 bits per heavy atom. The van der Waals surface area contributed by atoms with Crippen LogP contribution in [0.1, 0.15) is 32.6 Å². The zero-order valence-corrected chi connectivity index (χ0v) is 44.4. The van der Waals surface area contributed by atoms with Crippen LogP contribution in [0.2, 0.25) is 0 Å². The number of carboxylic acids is 1. The molecule has 5 rings (SSSR count). The van der Waals surface area contributed by atoms with Crippen molar-refractivity contribution in [2.24, 2.45) is 0 Å². The predicted octanol–water partition coefficient (Wildman–Crippen LogP) is 2.51. The first kappa shape index (κ1) is 65.8. The molecule has 0 amide bonds. The molecule has 0 saturated carbocycles. The number of carboxylic acid groups (broad SMARTS) is 1. The molecular weight excluding hydrogens is 1000 g/mol. The average Bonchev–Trinajstić information content (AvgIpc) is 3.26. The van der Waals surface area contributed by atoms with Gasteiger partial charge in [-0.15, -0.1) is 0 Å². The van der Waals surface area contributed by atoms with Crippen molar-refractivity contribution in [3.63, 3.8) is 0 Å². The minimum absolute atomic E-state index is 0. The Morgan fingerprint density at radius 2 is 0.905 bits per heavy atom. The second-order valence-corrected chi connectivity index (χ2v) is 12.9. The molecule has 0 saturated heterocycles. The van der Waals surface area contributed by atoms with Crippen molar-refractivity contribution in [1.82, 2.24) is 14.7 Å². The number of methoxy groups -OCH3 is 2. The van der Waals surface area contributed by atoms with Crippen LogP contribution in [0.15, 0.2) is 78.9 Å². The zero-order chi connectivity index (χ0) is 47.2. The van der Waals surface area contributed by atoms with Crippen LogP contribution in [0, 0.1) is 70.0 Å². The molecule has 0 radical (unpaired) electrons. The molecule has 5 aromatic carbocycles. The first-order valence-corrected chi connectivity index (χ1v) is 18.6. The van der Waals surface area contributed by atoms with Gasteiger partial charge in [-0.05, 0) is 97.0 Å². The number of hydrogen-bond acceptors (Lipinski definition) is 16. The van der Waals surface area contributed by atoms with Crippen LogP contribution in [0.3, 0.4) is 0 Å². The Kier molecular flexibility index (Phi) is 39.2. The van der Waals surface area contributed by atoms with Crippen LogP contribution < -0.4 is 24.8 Å². The Balaban J connectivity index is -0.000000470. The van der Waals surface area contributed by atoms with Gasteiger partial charge in [-0.2, -0.15) is 0 Å². The first-order chi connectivity index (χ1) is 29.1. The van der Waals surface area contributed by atoms with Gasteiger partial charge in [-0.3, -0.25) is 0 Å². The molecule has 344 valence electrons. The predicted molar refractivity (Wildman–Crippen MR) is 233 cm³/mol. The molecule has 0 atom stereocenters. The van der Waals surface area contributed by atoms with Crippen molar-refractivity contribution < 1.29 is 115 Å². The average molecular weight is 1060 g/mol. The molecule has 0 aliphatic carbocycles. The molecule has 0 bridgehead atoms. The Hall–Kier alpha value is -3.82. The minimum atomic E-state index is -1.75. The van der Waals surface area contributed by atoms with Gasteiger partial charge in [0.25, 0.3) is 0 Å². The number of hydrogen-bond donors (Lipinski definition) is 4. The van der Waals surface area contributed by atoms with E-state index in [0.29, 0.717) is 24.6 Å². The fourth-order valence-electron chi connectivity index (χ4n) is 5.93. The van der Waals surface area contributed by atoms with Gasteiger partial charge in [0.15, 0.2) is 0 Å². The molecule has 63 heavy (non-hydrogen) atoms. The van der Waals surface area contributed by atoms with E-state index in [4.69, 9.17) is 45.2 Å². The summed E-state index contributed by atoms with van der Waals surface area (Å²) < 4.78 is 10.4. The smallest absolute Gasteiger partial charge is 0.870 e. The Bertz CT molecular complexity index is 1900. The molecule has 5 aromatic rings. The van der Waals surface area contributed by atoms with Crippen LogP contribution >= 0.6 is 0 Å². The van der Waals surface area contributed by atoms with Gasteiger partial charge in [-0.25, -0.2) is 0 Å². The third kappa shape index (κ3) is 23.6. The van der Waals surface area contributed by atoms with Gasteiger partial charge in [0, 0.05) is 114 Å². The maximum atomic E-state index is 12.4. The standard InChI is InChI=1S/C25H39N3O4.C15H10O2.4CH4O.NO3.Nd.Zn/c1-18-12-20(24(29)22(14-18)31-6)16-27(4)10-8-26(3)9-11-28(5)17-21-13-19(2)15-23(32-7)25(21)30;16-15(17)14-12-7-3-1-5-10(12)9-11-6-2-4-8-13(11)14;4*1-2;2-1(3)4;;/h12-15,29-30H,8-11,16-17H2,1-7H3;1-9H,(H,16,17);4*2H,1H3;;;/q;;;;;;-1;;+2/p-3. The number of benzene rings is 5. The quantitative estimate of drug-likeness (QED) is 0.0572. The van der Waals surface area contributed by atoms with E-state index in [1.807, 2.05) is 94.7 Å². The molecule has 0 aliphatic rings. The number of carbonyl (C=O) groups excluding carboxylic acids is 1. The van der Waals surface area contributed by atoms with E-state index in [0.717, 1.165) is 98.4 Å². The molecule has 0 heterocycles. The van der Waals surface area contributed by atoms with Crippen LogP contribution in [0.4, 0.5) is 0 Å². The summed E-state index contributed by atoms with van der Waals surface area (Å²) in [6.07, 6.45) is 0. The summed E-state index contributed by atoms with van der Waals surface area (Å²) in [5.74, 6) is -0.393. The summed E-state index contributed by atoms with van der Waals surface area (Å²) in [4.78, 5) is 26.1. The summed E-state index contributed by atoms with van der Waals surface area (Å²) in [5.41, 5.74) is 3.84. The van der Waals surface area contributed by atoms with E-state index in [9.17, 15) is 20.1 Å². The molecule has 17 nitrogen and oxygen atoms in total. The number of rotatable bonds is 13. The molecule has 19 heteroatoms. The van der Waals surface area contributed by atoms with Gasteiger partial charge in [0.1, 0.15) is 11.5 Å². The topological polar surface area (TPSA) is 262 Å². The number of nitrogens with zero attached hydrogens (tertiary/aromatic N) is 4. The third-order valence-corrected chi connectivity index (χ3v) is 8.57. The summed E-state index contributed by atoms with van der Waals surface area (Å²) >= 11 is 0. The number of likely N-dealkylation sites (N-methyl/N-ethyl adjacent to an activating group) is 3. The second kappa shape index (κ2) is 37.5. The number of fused-ring (bicyclic) bond motifs is 2. The van der Waals surface area contributed by atoms with Gasteiger partial charge in [-0.1, -0.05) is 72.2 Å². The molecule has 0 unspecified atom stereocenters. The number of carbonyl (C=O) groups is 1. The summed E-state index contributed by atoms with van der Waals surface area (Å²) in [7, 11) is 13.2. The fourth-order valence-corrected chi connectivity index (χ4v) is 5.93. The van der Waals surface area contributed by atoms with Crippen LogP contribution in [-0.4, -0.2) is 136 Å². The monoisotopic (exact) mass is 1060 g/mol. The normalized spacial score (nSPS) is 9.56. The van der Waals surface area contributed by atoms with E-state index in [1.54, 1.807) is 12.1 Å². The minimum Gasteiger partial charge on any atom is -0.870 e. The molecule has 4 N–H and O–H groups in total. The number of aromatic carboxylic acids is 1. The van der Waals surface area contributed by atoms with Crippen molar-refractivity contribution >= 4 is 27.5 Å². The van der Waals surface area contributed by atoms with E-state index in [1.165, 1.54) is 14.2 Å². The van der Waals surface area contributed by atoms with Crippen molar-refractivity contribution in [1.29, 1.82) is 0 Å². The Morgan fingerprint density at radius 3 is 1.21 bits per heavy atom. The number of aliphatic hydroxyl groups excluding tert-OH is 4. The van der Waals surface area contributed by atoms with E-state index in [2.05, 4.69) is 21.7 Å². The summed E-state index contributed by atoms with van der Waals surface area (Å²) in [6, 6.07) is 24.3. The molecule has 0 aliphatic heterocycles. The van der Waals surface area contributed by atoms with Crippen molar-refractivity contribution in [3.05, 3.63) is 122 Å². The van der Waals surface area contributed by atoms with Gasteiger partial charge < -0.3 is 80.0 Å². The Labute approximate surface area is 416 Å². The summed E-state index contributed by atoms with van der Waals surface area (Å²) in [6.45, 7) is 8.57. The zero-order valence-electron chi connectivity index (χ0n) is 38.2. The van der Waals surface area contributed by atoms with Crippen molar-refractivity contribution in [3.8, 4) is 23.0 Å². The SMILES string of the molecule is CO.CO.CO.CO.COc1cc(C)cc(CN(C)CCN(C)CCN(C)Cc2cc(C)cc(OC)c2[O-])c1[O-].O=C([O-])c1c2ccccc2cc2ccccc12.O=[N+]([O-])[O-].[Nd].[Zn+2]. The molecule has 0 spiro atoms. The number of ether oxygens (including phenoxy) is 2. The third-order valence-electron chi connectivity index (χ3n) is 8.57. The maximum Gasteiger partial charge on any atom is 2.00 e. The molecule has 0 fully saturated rings. The number of aryl methyl sites for hydroxylation is 2. The van der Waals surface area contributed by atoms with Gasteiger partial charge in [0.2, 0.25) is 0 Å². The maximum absolute atomic E-state index is 12.4. The van der Waals surface area contributed by atoms with E-state index >= 15 is 0 Å².